The van der Waals surface area contributed by atoms with Gasteiger partial charge in [0.25, 0.3) is 0 Å². The average Bonchev–Trinajstić information content (AvgIpc) is 2.26. The molecule has 1 N–H and O–H groups in total. The van der Waals surface area contributed by atoms with Gasteiger partial charge in [-0.15, -0.1) is 0 Å². The Bertz CT molecular complexity index is 411. The normalized spacial score (nSPS) is 13.4. The average molecular weight is 294 g/mol. The van der Waals surface area contributed by atoms with Crippen molar-refractivity contribution in [1.82, 2.24) is 0 Å². The highest BCUT2D eigenvalue weighted by Gasteiger charge is 2.17. The van der Waals surface area contributed by atoms with Crippen molar-refractivity contribution in [2.24, 2.45) is 0 Å². The molecule has 1 aromatic rings. The van der Waals surface area contributed by atoms with E-state index in [2.05, 4.69) is 20.8 Å². The van der Waals surface area contributed by atoms with E-state index >= 15 is 0 Å². The van der Waals surface area contributed by atoms with Crippen molar-refractivity contribution in [2.75, 3.05) is 0 Å². The quantitative estimate of drug-likeness (QED) is 0.822. The standard InChI is InChI=1S/C13H15Cl3O/c1-13(2,3)9-6-4-8(5-7-9)11(17)10(14)12(15)16/h4-7,11,17H,1-3H3. The molecule has 1 aromatic carbocycles. The second-order valence-corrected chi connectivity index (χ2v) is 6.24. The molecule has 0 amide bonds. The van der Waals surface area contributed by atoms with E-state index in [0.29, 0.717) is 5.56 Å². The predicted octanol–water partition coefficient (Wildman–Crippen LogP) is 4.90. The monoisotopic (exact) mass is 292 g/mol. The zero-order valence-electron chi connectivity index (χ0n) is 9.97. The summed E-state index contributed by atoms with van der Waals surface area (Å²) in [5, 5.41) is 9.93. The fourth-order valence-corrected chi connectivity index (χ4v) is 1.75. The Labute approximate surface area is 117 Å². The summed E-state index contributed by atoms with van der Waals surface area (Å²) in [6.07, 6.45) is -0.976. The van der Waals surface area contributed by atoms with Crippen molar-refractivity contribution in [3.8, 4) is 0 Å². The molecular formula is C13H15Cl3O. The van der Waals surface area contributed by atoms with Gasteiger partial charge in [-0.25, -0.2) is 0 Å². The van der Waals surface area contributed by atoms with E-state index in [1.807, 2.05) is 24.3 Å². The van der Waals surface area contributed by atoms with Gasteiger partial charge in [0.05, 0.1) is 5.03 Å². The van der Waals surface area contributed by atoms with E-state index in [9.17, 15) is 5.11 Å². The Morgan fingerprint density at radius 1 is 1.06 bits per heavy atom. The molecule has 94 valence electrons. The van der Waals surface area contributed by atoms with Gasteiger partial charge >= 0.3 is 0 Å². The zero-order valence-corrected chi connectivity index (χ0v) is 12.2. The second kappa shape index (κ2) is 5.62. The molecular weight excluding hydrogens is 279 g/mol. The maximum atomic E-state index is 9.89. The van der Waals surface area contributed by atoms with Crippen LogP contribution in [0.4, 0.5) is 0 Å². The van der Waals surface area contributed by atoms with Crippen LogP contribution in [0.5, 0.6) is 0 Å². The van der Waals surface area contributed by atoms with Crippen LogP contribution in [0.15, 0.2) is 33.8 Å². The maximum absolute atomic E-state index is 9.89. The van der Waals surface area contributed by atoms with Crippen molar-refractivity contribution in [3.63, 3.8) is 0 Å². The lowest BCUT2D eigenvalue weighted by atomic mass is 9.86. The third kappa shape index (κ3) is 3.89. The molecule has 0 saturated carbocycles. The van der Waals surface area contributed by atoms with Crippen LogP contribution in [0.3, 0.4) is 0 Å². The van der Waals surface area contributed by atoms with Gasteiger partial charge in [-0.2, -0.15) is 0 Å². The van der Waals surface area contributed by atoms with Crippen molar-refractivity contribution in [3.05, 3.63) is 44.9 Å². The number of aliphatic hydroxyl groups is 1. The van der Waals surface area contributed by atoms with Crippen molar-refractivity contribution < 1.29 is 5.11 Å². The molecule has 0 bridgehead atoms. The summed E-state index contributed by atoms with van der Waals surface area (Å²) in [5.74, 6) is 0. The summed E-state index contributed by atoms with van der Waals surface area (Å²) >= 11 is 16.9. The Kier molecular flexibility index (Phi) is 4.91. The van der Waals surface area contributed by atoms with Crippen LogP contribution in [0, 0.1) is 0 Å². The van der Waals surface area contributed by atoms with E-state index in [1.54, 1.807) is 0 Å². The summed E-state index contributed by atoms with van der Waals surface area (Å²) in [6, 6.07) is 7.57. The minimum absolute atomic E-state index is 0.0387. The van der Waals surface area contributed by atoms with E-state index in [-0.39, 0.29) is 14.9 Å². The first-order valence-corrected chi connectivity index (χ1v) is 6.36. The van der Waals surface area contributed by atoms with Gasteiger partial charge < -0.3 is 5.11 Å². The van der Waals surface area contributed by atoms with Gasteiger partial charge in [0.1, 0.15) is 10.6 Å². The number of halogens is 3. The van der Waals surface area contributed by atoms with E-state index < -0.39 is 6.10 Å². The van der Waals surface area contributed by atoms with Crippen LogP contribution in [0.2, 0.25) is 0 Å². The first-order chi connectivity index (χ1) is 7.73. The first-order valence-electron chi connectivity index (χ1n) is 5.22. The molecule has 1 unspecified atom stereocenters. The van der Waals surface area contributed by atoms with Gasteiger partial charge in [-0.3, -0.25) is 0 Å². The van der Waals surface area contributed by atoms with Crippen LogP contribution in [0.1, 0.15) is 38.0 Å². The molecule has 1 atom stereocenters. The maximum Gasteiger partial charge on any atom is 0.124 e. The van der Waals surface area contributed by atoms with Crippen molar-refractivity contribution in [1.29, 1.82) is 0 Å². The molecule has 0 saturated heterocycles. The van der Waals surface area contributed by atoms with Gasteiger partial charge in [0, 0.05) is 0 Å². The summed E-state index contributed by atoms with van der Waals surface area (Å²) < 4.78 is -0.112. The van der Waals surface area contributed by atoms with Crippen LogP contribution in [0.25, 0.3) is 0 Å². The Hall–Kier alpha value is -0.210. The predicted molar refractivity (Wildman–Crippen MR) is 74.7 cm³/mol. The van der Waals surface area contributed by atoms with Gasteiger partial charge in [-0.1, -0.05) is 79.8 Å². The second-order valence-electron chi connectivity index (χ2n) is 4.88. The Morgan fingerprint density at radius 2 is 1.53 bits per heavy atom. The van der Waals surface area contributed by atoms with Gasteiger partial charge in [0.15, 0.2) is 0 Å². The lowest BCUT2D eigenvalue weighted by Crippen LogP contribution is -2.11. The number of benzene rings is 1. The molecule has 17 heavy (non-hydrogen) atoms. The molecule has 0 heterocycles. The molecule has 4 heteroatoms. The largest absolute Gasteiger partial charge is 0.383 e. The molecule has 0 aliphatic carbocycles. The van der Waals surface area contributed by atoms with E-state index in [4.69, 9.17) is 34.8 Å². The fraction of sp³-hybridized carbons (Fsp3) is 0.385. The SMILES string of the molecule is CC(C)(C)c1ccc(C(O)C(Cl)=C(Cl)Cl)cc1. The molecule has 1 nitrogen and oxygen atoms in total. The summed E-state index contributed by atoms with van der Waals surface area (Å²) in [5.41, 5.74) is 1.93. The van der Waals surface area contributed by atoms with Crippen LogP contribution >= 0.6 is 34.8 Å². The smallest absolute Gasteiger partial charge is 0.124 e. The summed E-state index contributed by atoms with van der Waals surface area (Å²) in [7, 11) is 0. The summed E-state index contributed by atoms with van der Waals surface area (Å²) in [6.45, 7) is 6.38. The highest BCUT2D eigenvalue weighted by Crippen LogP contribution is 2.32. The topological polar surface area (TPSA) is 20.2 Å². The highest BCUT2D eigenvalue weighted by atomic mass is 35.5. The number of rotatable bonds is 2. The fourth-order valence-electron chi connectivity index (χ4n) is 1.42. The zero-order chi connectivity index (χ0) is 13.2. The van der Waals surface area contributed by atoms with Crippen molar-refractivity contribution >= 4 is 34.8 Å². The highest BCUT2D eigenvalue weighted by molar-refractivity contribution is 6.59. The number of aliphatic hydroxyl groups excluding tert-OH is 1. The lowest BCUT2D eigenvalue weighted by Gasteiger charge is -2.20. The third-order valence-electron chi connectivity index (χ3n) is 2.51. The minimum atomic E-state index is -0.976. The molecule has 0 spiro atoms. The number of hydrogen-bond donors (Lipinski definition) is 1. The van der Waals surface area contributed by atoms with E-state index in [1.165, 1.54) is 5.56 Å². The van der Waals surface area contributed by atoms with Crippen LogP contribution < -0.4 is 0 Å². The molecule has 0 radical (unpaired) electrons. The lowest BCUT2D eigenvalue weighted by molar-refractivity contribution is 0.224. The molecule has 0 aliphatic heterocycles. The molecule has 0 aliphatic rings. The van der Waals surface area contributed by atoms with Crippen LogP contribution in [-0.4, -0.2) is 5.11 Å². The minimum Gasteiger partial charge on any atom is -0.383 e. The van der Waals surface area contributed by atoms with Gasteiger partial charge in [-0.05, 0) is 16.5 Å². The Morgan fingerprint density at radius 3 is 1.88 bits per heavy atom. The Balaban J connectivity index is 3.00. The van der Waals surface area contributed by atoms with Crippen LogP contribution in [-0.2, 0) is 5.41 Å². The molecule has 1 rings (SSSR count). The summed E-state index contributed by atoms with van der Waals surface area (Å²) in [4.78, 5) is 0. The first kappa shape index (κ1) is 14.8. The van der Waals surface area contributed by atoms with Crippen molar-refractivity contribution in [2.45, 2.75) is 32.3 Å². The third-order valence-corrected chi connectivity index (χ3v) is 3.51. The van der Waals surface area contributed by atoms with E-state index in [0.717, 1.165) is 0 Å². The van der Waals surface area contributed by atoms with Gasteiger partial charge in [0.2, 0.25) is 0 Å². The molecule has 0 fully saturated rings. The molecule has 0 aromatic heterocycles. The number of hydrogen-bond acceptors (Lipinski definition) is 1.